The standard InChI is InChI=1S/C17H17FN4OS2/c1-12-7-8-15(23-2)14(11-12)22-17(19-20-21-22)25-10-9-24-16-6-4-3-5-13(16)18/h3-8,11H,9-10H2,1-2H3. The van der Waals surface area contributed by atoms with Gasteiger partial charge in [-0.25, -0.2) is 4.39 Å². The number of benzene rings is 2. The lowest BCUT2D eigenvalue weighted by Crippen LogP contribution is -2.03. The summed E-state index contributed by atoms with van der Waals surface area (Å²) in [4.78, 5) is 0.656. The highest BCUT2D eigenvalue weighted by atomic mass is 32.2. The summed E-state index contributed by atoms with van der Waals surface area (Å²) in [6, 6.07) is 12.6. The Balaban J connectivity index is 1.67. The van der Waals surface area contributed by atoms with Crippen molar-refractivity contribution in [1.29, 1.82) is 0 Å². The zero-order valence-corrected chi connectivity index (χ0v) is 15.5. The van der Waals surface area contributed by atoms with Crippen molar-refractivity contribution in [3.8, 4) is 11.4 Å². The first-order valence-electron chi connectivity index (χ1n) is 7.62. The number of ether oxygens (including phenoxy) is 1. The van der Waals surface area contributed by atoms with Gasteiger partial charge in [0, 0.05) is 16.4 Å². The van der Waals surface area contributed by atoms with Crippen molar-refractivity contribution in [1.82, 2.24) is 20.2 Å². The molecule has 2 aromatic carbocycles. The van der Waals surface area contributed by atoms with Crippen LogP contribution in [0, 0.1) is 12.7 Å². The van der Waals surface area contributed by atoms with E-state index in [1.165, 1.54) is 29.6 Å². The molecule has 1 aromatic heterocycles. The molecule has 0 fully saturated rings. The molecule has 0 saturated heterocycles. The van der Waals surface area contributed by atoms with Crippen molar-refractivity contribution >= 4 is 23.5 Å². The lowest BCUT2D eigenvalue weighted by Gasteiger charge is -2.10. The quantitative estimate of drug-likeness (QED) is 0.459. The summed E-state index contributed by atoms with van der Waals surface area (Å²) in [7, 11) is 1.62. The Bertz CT molecular complexity index is 856. The Morgan fingerprint density at radius 3 is 2.72 bits per heavy atom. The second kappa shape index (κ2) is 8.35. The lowest BCUT2D eigenvalue weighted by atomic mass is 10.2. The number of rotatable bonds is 7. The van der Waals surface area contributed by atoms with Crippen LogP contribution in [-0.2, 0) is 0 Å². The van der Waals surface area contributed by atoms with Gasteiger partial charge in [-0.05, 0) is 47.2 Å². The molecule has 0 atom stereocenters. The monoisotopic (exact) mass is 376 g/mol. The van der Waals surface area contributed by atoms with Crippen LogP contribution in [0.3, 0.4) is 0 Å². The minimum absolute atomic E-state index is 0.188. The third-order valence-electron chi connectivity index (χ3n) is 3.41. The molecule has 1 heterocycles. The summed E-state index contributed by atoms with van der Waals surface area (Å²) in [5.74, 6) is 2.03. The van der Waals surface area contributed by atoms with Crippen molar-refractivity contribution < 1.29 is 9.13 Å². The van der Waals surface area contributed by atoms with Gasteiger partial charge in [0.15, 0.2) is 0 Å². The van der Waals surface area contributed by atoms with Gasteiger partial charge in [0.2, 0.25) is 5.16 Å². The second-order valence-corrected chi connectivity index (χ2v) is 7.37. The molecule has 0 unspecified atom stereocenters. The number of halogens is 1. The molecule has 0 aliphatic heterocycles. The zero-order chi connectivity index (χ0) is 17.6. The van der Waals surface area contributed by atoms with Crippen LogP contribution in [0.15, 0.2) is 52.5 Å². The third kappa shape index (κ3) is 4.32. The molecule has 0 aliphatic carbocycles. The fraction of sp³-hybridized carbons (Fsp3) is 0.235. The molecular weight excluding hydrogens is 359 g/mol. The number of hydrogen-bond donors (Lipinski definition) is 0. The van der Waals surface area contributed by atoms with Gasteiger partial charge in [-0.1, -0.05) is 30.0 Å². The summed E-state index contributed by atoms with van der Waals surface area (Å²) in [5.41, 5.74) is 1.90. The first-order chi connectivity index (χ1) is 12.2. The van der Waals surface area contributed by atoms with Crippen LogP contribution in [0.4, 0.5) is 4.39 Å². The highest BCUT2D eigenvalue weighted by Crippen LogP contribution is 2.28. The summed E-state index contributed by atoms with van der Waals surface area (Å²) in [6.07, 6.45) is 0. The van der Waals surface area contributed by atoms with Crippen LogP contribution in [-0.4, -0.2) is 38.8 Å². The van der Waals surface area contributed by atoms with Crippen molar-refractivity contribution in [3.63, 3.8) is 0 Å². The first kappa shape index (κ1) is 17.8. The Morgan fingerprint density at radius 2 is 1.92 bits per heavy atom. The number of hydrogen-bond acceptors (Lipinski definition) is 6. The molecule has 3 rings (SSSR count). The molecule has 8 heteroatoms. The molecule has 0 amide bonds. The number of aryl methyl sites for hydroxylation is 1. The Hall–Kier alpha value is -2.06. The molecule has 25 heavy (non-hydrogen) atoms. The summed E-state index contributed by atoms with van der Waals surface area (Å²) < 4.78 is 20.7. The molecule has 0 saturated carbocycles. The fourth-order valence-electron chi connectivity index (χ4n) is 2.23. The maximum absolute atomic E-state index is 13.6. The highest BCUT2D eigenvalue weighted by Gasteiger charge is 2.13. The van der Waals surface area contributed by atoms with E-state index in [-0.39, 0.29) is 5.82 Å². The normalized spacial score (nSPS) is 10.8. The van der Waals surface area contributed by atoms with E-state index >= 15 is 0 Å². The summed E-state index contributed by atoms with van der Waals surface area (Å²) >= 11 is 3.01. The van der Waals surface area contributed by atoms with Gasteiger partial charge < -0.3 is 4.74 Å². The lowest BCUT2D eigenvalue weighted by molar-refractivity contribution is 0.410. The smallest absolute Gasteiger partial charge is 0.214 e. The Morgan fingerprint density at radius 1 is 1.12 bits per heavy atom. The van der Waals surface area contributed by atoms with Gasteiger partial charge in [0.1, 0.15) is 17.3 Å². The molecular formula is C17H17FN4OS2. The number of thioether (sulfide) groups is 2. The van der Waals surface area contributed by atoms with E-state index in [9.17, 15) is 4.39 Å². The maximum Gasteiger partial charge on any atom is 0.214 e. The van der Waals surface area contributed by atoms with Crippen LogP contribution in [0.25, 0.3) is 5.69 Å². The minimum atomic E-state index is -0.188. The molecule has 0 bridgehead atoms. The van der Waals surface area contributed by atoms with Crippen LogP contribution >= 0.6 is 23.5 Å². The average molecular weight is 376 g/mol. The molecule has 0 aliphatic rings. The molecule has 0 N–H and O–H groups in total. The van der Waals surface area contributed by atoms with Crippen molar-refractivity contribution in [2.24, 2.45) is 0 Å². The van der Waals surface area contributed by atoms with E-state index in [2.05, 4.69) is 15.5 Å². The molecule has 5 nitrogen and oxygen atoms in total. The van der Waals surface area contributed by atoms with E-state index in [0.717, 1.165) is 22.8 Å². The molecule has 0 radical (unpaired) electrons. The van der Waals surface area contributed by atoms with Crippen LogP contribution in [0.5, 0.6) is 5.75 Å². The molecule has 0 spiro atoms. The van der Waals surface area contributed by atoms with Gasteiger partial charge in [-0.2, -0.15) is 4.68 Å². The van der Waals surface area contributed by atoms with E-state index < -0.39 is 0 Å². The van der Waals surface area contributed by atoms with E-state index in [0.29, 0.717) is 15.8 Å². The third-order valence-corrected chi connectivity index (χ3v) is 5.64. The van der Waals surface area contributed by atoms with Gasteiger partial charge in [-0.15, -0.1) is 16.9 Å². The average Bonchev–Trinajstić information content (AvgIpc) is 3.08. The summed E-state index contributed by atoms with van der Waals surface area (Å²) in [6.45, 7) is 2.01. The van der Waals surface area contributed by atoms with Crippen molar-refractivity contribution in [3.05, 3.63) is 53.8 Å². The predicted molar refractivity (Wildman–Crippen MR) is 98.3 cm³/mol. The SMILES string of the molecule is COc1ccc(C)cc1-n1nnnc1SCCSc1ccccc1F. The van der Waals surface area contributed by atoms with E-state index in [4.69, 9.17) is 4.74 Å². The van der Waals surface area contributed by atoms with Gasteiger partial charge in [0.05, 0.1) is 7.11 Å². The molecule has 130 valence electrons. The van der Waals surface area contributed by atoms with Crippen LogP contribution in [0.2, 0.25) is 0 Å². The Kier molecular flexibility index (Phi) is 5.93. The zero-order valence-electron chi connectivity index (χ0n) is 13.8. The van der Waals surface area contributed by atoms with Gasteiger partial charge >= 0.3 is 0 Å². The van der Waals surface area contributed by atoms with Gasteiger partial charge in [0.25, 0.3) is 0 Å². The van der Waals surface area contributed by atoms with Crippen molar-refractivity contribution in [2.45, 2.75) is 17.0 Å². The van der Waals surface area contributed by atoms with Crippen LogP contribution in [0.1, 0.15) is 5.56 Å². The first-order valence-corrected chi connectivity index (χ1v) is 9.59. The van der Waals surface area contributed by atoms with E-state index in [1.807, 2.05) is 31.2 Å². The van der Waals surface area contributed by atoms with E-state index in [1.54, 1.807) is 23.9 Å². The topological polar surface area (TPSA) is 52.8 Å². The van der Waals surface area contributed by atoms with Crippen LogP contribution < -0.4 is 4.74 Å². The fourth-order valence-corrected chi connectivity index (χ4v) is 4.03. The molecule has 3 aromatic rings. The number of tetrazole rings is 1. The predicted octanol–water partition coefficient (Wildman–Crippen LogP) is 4.00. The highest BCUT2D eigenvalue weighted by molar-refractivity contribution is 8.02. The number of methoxy groups -OCH3 is 1. The second-order valence-electron chi connectivity index (χ2n) is 5.18. The maximum atomic E-state index is 13.6. The minimum Gasteiger partial charge on any atom is -0.494 e. The van der Waals surface area contributed by atoms with Gasteiger partial charge in [-0.3, -0.25) is 0 Å². The number of nitrogens with zero attached hydrogens (tertiary/aromatic N) is 4. The Labute approximate surface area is 154 Å². The summed E-state index contributed by atoms with van der Waals surface area (Å²) in [5, 5.41) is 12.6. The van der Waals surface area contributed by atoms with Crippen molar-refractivity contribution in [2.75, 3.05) is 18.6 Å². The number of aromatic nitrogens is 4. The largest absolute Gasteiger partial charge is 0.494 e.